The van der Waals surface area contributed by atoms with Crippen molar-refractivity contribution in [2.75, 3.05) is 0 Å². The van der Waals surface area contributed by atoms with Gasteiger partial charge in [0.15, 0.2) is 5.69 Å². The molecular weight excluding hydrogens is 408 g/mol. The predicted molar refractivity (Wildman–Crippen MR) is 71.0 cm³/mol. The van der Waals surface area contributed by atoms with Crippen molar-refractivity contribution in [1.82, 2.24) is 2.78 Å². The van der Waals surface area contributed by atoms with Crippen LogP contribution in [0.25, 0.3) is 10.9 Å². The Hall–Kier alpha value is -0.310. The maximum Gasteiger partial charge on any atom is 0.354 e. The topological polar surface area (TPSA) is 42.2 Å². The second kappa shape index (κ2) is 3.69. The van der Waals surface area contributed by atoms with Crippen LogP contribution < -0.4 is 0 Å². The molecule has 0 saturated carbocycles. The van der Waals surface area contributed by atoms with Gasteiger partial charge in [0, 0.05) is 5.39 Å². The SMILES string of the molecule is O=C(O)c1c(I)c2ccccc2n1I. The number of benzene rings is 1. The van der Waals surface area contributed by atoms with Gasteiger partial charge in [-0.05, 0) is 28.7 Å². The molecule has 0 atom stereocenters. The molecule has 0 bridgehead atoms. The molecule has 0 radical (unpaired) electrons. The summed E-state index contributed by atoms with van der Waals surface area (Å²) in [6.45, 7) is 0. The highest BCUT2D eigenvalue weighted by molar-refractivity contribution is 14.1. The van der Waals surface area contributed by atoms with Crippen molar-refractivity contribution < 1.29 is 9.90 Å². The van der Waals surface area contributed by atoms with E-state index in [0.717, 1.165) is 14.5 Å². The first kappa shape index (κ1) is 10.2. The minimum absolute atomic E-state index is 0.340. The number of nitrogens with zero attached hydrogens (tertiary/aromatic N) is 1. The van der Waals surface area contributed by atoms with Crippen molar-refractivity contribution in [1.29, 1.82) is 0 Å². The number of hydrogen-bond donors (Lipinski definition) is 1. The molecule has 0 saturated heterocycles. The van der Waals surface area contributed by atoms with Gasteiger partial charge in [-0.2, -0.15) is 0 Å². The average Bonchev–Trinajstić information content (AvgIpc) is 2.41. The molecule has 1 N–H and O–H groups in total. The van der Waals surface area contributed by atoms with E-state index in [1.807, 2.05) is 47.1 Å². The van der Waals surface area contributed by atoms with E-state index in [0.29, 0.717) is 5.69 Å². The van der Waals surface area contributed by atoms with Crippen LogP contribution in [0.3, 0.4) is 0 Å². The summed E-state index contributed by atoms with van der Waals surface area (Å²) in [5.74, 6) is -0.889. The minimum Gasteiger partial charge on any atom is -0.477 e. The third kappa shape index (κ3) is 1.42. The molecule has 1 heterocycles. The van der Waals surface area contributed by atoms with E-state index < -0.39 is 5.97 Å². The van der Waals surface area contributed by atoms with E-state index in [1.54, 1.807) is 2.78 Å². The van der Waals surface area contributed by atoms with Gasteiger partial charge in [0.05, 0.1) is 32.0 Å². The van der Waals surface area contributed by atoms with Crippen LogP contribution in [0, 0.1) is 3.57 Å². The summed E-state index contributed by atoms with van der Waals surface area (Å²) in [5.41, 5.74) is 1.28. The number of carboxylic acids is 1. The molecule has 2 rings (SSSR count). The van der Waals surface area contributed by atoms with Gasteiger partial charge in [-0.1, -0.05) is 18.2 Å². The summed E-state index contributed by atoms with van der Waals surface area (Å²) >= 11 is 4.07. The number of para-hydroxylation sites is 1. The summed E-state index contributed by atoms with van der Waals surface area (Å²) in [6.07, 6.45) is 0. The van der Waals surface area contributed by atoms with Crippen LogP contribution in [0.4, 0.5) is 0 Å². The lowest BCUT2D eigenvalue weighted by Crippen LogP contribution is -2.02. The zero-order valence-electron chi connectivity index (χ0n) is 6.87. The third-order valence-corrected chi connectivity index (χ3v) is 4.05. The molecule has 2 aromatic rings. The minimum atomic E-state index is -0.889. The van der Waals surface area contributed by atoms with Gasteiger partial charge >= 0.3 is 5.97 Å². The molecular formula is C9H5I2NO2. The normalized spacial score (nSPS) is 10.7. The number of halogens is 2. The average molecular weight is 413 g/mol. The van der Waals surface area contributed by atoms with Crippen molar-refractivity contribution in [2.45, 2.75) is 0 Å². The van der Waals surface area contributed by atoms with Gasteiger partial charge in [0.25, 0.3) is 0 Å². The van der Waals surface area contributed by atoms with E-state index in [-0.39, 0.29) is 0 Å². The first-order valence-electron chi connectivity index (χ1n) is 3.81. The lowest BCUT2D eigenvalue weighted by molar-refractivity contribution is 0.0690. The fraction of sp³-hybridized carbons (Fsp3) is 0. The summed E-state index contributed by atoms with van der Waals surface area (Å²) < 4.78 is 2.47. The Morgan fingerprint density at radius 1 is 1.36 bits per heavy atom. The Labute approximate surface area is 108 Å². The summed E-state index contributed by atoms with van der Waals surface area (Å²) in [4.78, 5) is 11.0. The van der Waals surface area contributed by atoms with Crippen LogP contribution in [-0.4, -0.2) is 13.9 Å². The van der Waals surface area contributed by atoms with Crippen LogP contribution in [-0.2, 0) is 0 Å². The number of aromatic nitrogens is 1. The fourth-order valence-corrected chi connectivity index (χ4v) is 3.60. The van der Waals surface area contributed by atoms with Crippen molar-refractivity contribution in [3.63, 3.8) is 0 Å². The van der Waals surface area contributed by atoms with Gasteiger partial charge in [-0.15, -0.1) is 0 Å². The largest absolute Gasteiger partial charge is 0.477 e. The molecule has 0 amide bonds. The number of fused-ring (bicyclic) bond motifs is 1. The van der Waals surface area contributed by atoms with Crippen molar-refractivity contribution >= 4 is 62.3 Å². The summed E-state index contributed by atoms with van der Waals surface area (Å²) in [6, 6.07) is 7.65. The highest BCUT2D eigenvalue weighted by Gasteiger charge is 2.18. The summed E-state index contributed by atoms with van der Waals surface area (Å²) in [5, 5.41) is 10.0. The lowest BCUT2D eigenvalue weighted by Gasteiger charge is -1.95. The first-order chi connectivity index (χ1) is 6.63. The highest BCUT2D eigenvalue weighted by Crippen LogP contribution is 2.29. The number of carboxylic acid groups (broad SMARTS) is 1. The van der Waals surface area contributed by atoms with Gasteiger partial charge in [-0.3, -0.25) is 2.78 Å². The molecule has 5 heteroatoms. The first-order valence-corrected chi connectivity index (χ1v) is 5.85. The van der Waals surface area contributed by atoms with Crippen LogP contribution in [0.15, 0.2) is 24.3 Å². The molecule has 72 valence electrons. The fourth-order valence-electron chi connectivity index (χ4n) is 1.34. The van der Waals surface area contributed by atoms with E-state index in [1.165, 1.54) is 0 Å². The molecule has 0 aliphatic rings. The molecule has 0 spiro atoms. The Morgan fingerprint density at radius 3 is 2.57 bits per heavy atom. The molecule has 1 aromatic heterocycles. The molecule has 1 aromatic carbocycles. The van der Waals surface area contributed by atoms with Crippen molar-refractivity contribution in [2.24, 2.45) is 0 Å². The van der Waals surface area contributed by atoms with Crippen LogP contribution in [0.1, 0.15) is 10.5 Å². The van der Waals surface area contributed by atoms with Crippen molar-refractivity contribution in [3.8, 4) is 0 Å². The predicted octanol–water partition coefficient (Wildman–Crippen LogP) is 3.14. The highest BCUT2D eigenvalue weighted by atomic mass is 127. The molecule has 14 heavy (non-hydrogen) atoms. The number of rotatable bonds is 1. The Kier molecular flexibility index (Phi) is 2.69. The zero-order valence-corrected chi connectivity index (χ0v) is 11.2. The molecule has 0 fully saturated rings. The molecule has 0 aliphatic heterocycles. The van der Waals surface area contributed by atoms with Crippen LogP contribution >= 0.6 is 45.5 Å². The standard InChI is InChI=1S/C9H5I2NO2/c10-7-5-3-1-2-4-6(5)12(11)8(7)9(13)14/h1-4H,(H,13,14). The molecule has 0 aliphatic carbocycles. The van der Waals surface area contributed by atoms with Crippen LogP contribution in [0.2, 0.25) is 0 Å². The number of carbonyl (C=O) groups is 1. The van der Waals surface area contributed by atoms with E-state index in [2.05, 4.69) is 22.6 Å². The lowest BCUT2D eigenvalue weighted by atomic mass is 10.2. The number of aromatic carboxylic acids is 1. The molecule has 3 nitrogen and oxygen atoms in total. The van der Waals surface area contributed by atoms with Crippen molar-refractivity contribution in [3.05, 3.63) is 33.5 Å². The second-order valence-corrected chi connectivity index (χ2v) is 4.81. The summed E-state index contributed by atoms with van der Waals surface area (Å²) in [7, 11) is 0. The smallest absolute Gasteiger partial charge is 0.354 e. The number of hydrogen-bond acceptors (Lipinski definition) is 1. The zero-order chi connectivity index (χ0) is 10.3. The maximum atomic E-state index is 11.0. The van der Waals surface area contributed by atoms with E-state index in [9.17, 15) is 4.79 Å². The van der Waals surface area contributed by atoms with Gasteiger partial charge < -0.3 is 5.11 Å². The van der Waals surface area contributed by atoms with Crippen LogP contribution in [0.5, 0.6) is 0 Å². The quantitative estimate of drug-likeness (QED) is 0.731. The Bertz CT molecular complexity index is 480. The van der Waals surface area contributed by atoms with E-state index >= 15 is 0 Å². The Balaban J connectivity index is 2.92. The van der Waals surface area contributed by atoms with Gasteiger partial charge in [0.1, 0.15) is 0 Å². The monoisotopic (exact) mass is 413 g/mol. The molecule has 0 unspecified atom stereocenters. The van der Waals surface area contributed by atoms with E-state index in [4.69, 9.17) is 5.11 Å². The van der Waals surface area contributed by atoms with Gasteiger partial charge in [0.2, 0.25) is 0 Å². The van der Waals surface area contributed by atoms with Gasteiger partial charge in [-0.25, -0.2) is 4.79 Å². The third-order valence-electron chi connectivity index (χ3n) is 1.96. The maximum absolute atomic E-state index is 11.0. The second-order valence-electron chi connectivity index (χ2n) is 2.77. The Morgan fingerprint density at radius 2 is 2.00 bits per heavy atom.